The van der Waals surface area contributed by atoms with E-state index in [-0.39, 0.29) is 0 Å². The van der Waals surface area contributed by atoms with Crippen LogP contribution in [0, 0.1) is 6.92 Å². The van der Waals surface area contributed by atoms with Gasteiger partial charge in [0.1, 0.15) is 18.2 Å². The third-order valence-electron chi connectivity index (χ3n) is 4.30. The Morgan fingerprint density at radius 1 is 0.964 bits per heavy atom. The summed E-state index contributed by atoms with van der Waals surface area (Å²) in [4.78, 5) is 13.1. The molecule has 0 saturated heterocycles. The lowest BCUT2D eigenvalue weighted by atomic mass is 10.2. The molecule has 6 nitrogen and oxygen atoms in total. The average Bonchev–Trinajstić information content (AvgIpc) is 2.74. The highest BCUT2D eigenvalue weighted by atomic mass is 16.5. The standard InChI is InChI=1S/C22H20N4O2/c1-15-13-16(10-11-20(15)28-14-17-7-5-6-12-23-17)24-21-18-8-3-4-9-19(18)25-22(26-21)27-2/h3-13H,14H2,1-2H3,(H,24,25,26). The number of hydrogen-bond donors (Lipinski definition) is 1. The average molecular weight is 372 g/mol. The number of nitrogens with one attached hydrogen (secondary N) is 1. The highest BCUT2D eigenvalue weighted by Gasteiger charge is 2.09. The summed E-state index contributed by atoms with van der Waals surface area (Å²) >= 11 is 0. The predicted molar refractivity (Wildman–Crippen MR) is 109 cm³/mol. The molecule has 0 atom stereocenters. The zero-order valence-electron chi connectivity index (χ0n) is 15.7. The summed E-state index contributed by atoms with van der Waals surface area (Å²) in [7, 11) is 1.56. The van der Waals surface area contributed by atoms with Crippen LogP contribution in [0.15, 0.2) is 66.9 Å². The molecule has 0 spiro atoms. The molecule has 0 bridgehead atoms. The van der Waals surface area contributed by atoms with E-state index in [9.17, 15) is 0 Å². The second-order valence-electron chi connectivity index (χ2n) is 6.29. The van der Waals surface area contributed by atoms with Gasteiger partial charge >= 0.3 is 6.01 Å². The molecule has 0 unspecified atom stereocenters. The second-order valence-corrected chi connectivity index (χ2v) is 6.29. The number of benzene rings is 2. The van der Waals surface area contributed by atoms with Gasteiger partial charge in [-0.3, -0.25) is 4.98 Å². The van der Waals surface area contributed by atoms with Crippen LogP contribution in [0.25, 0.3) is 10.9 Å². The molecule has 140 valence electrons. The van der Waals surface area contributed by atoms with Gasteiger partial charge in [0.05, 0.1) is 18.3 Å². The van der Waals surface area contributed by atoms with Crippen molar-refractivity contribution in [3.05, 3.63) is 78.1 Å². The van der Waals surface area contributed by atoms with Gasteiger partial charge in [0.15, 0.2) is 0 Å². The van der Waals surface area contributed by atoms with Crippen LogP contribution < -0.4 is 14.8 Å². The first-order valence-corrected chi connectivity index (χ1v) is 8.94. The van der Waals surface area contributed by atoms with E-state index in [1.807, 2.05) is 67.6 Å². The first-order valence-electron chi connectivity index (χ1n) is 8.94. The topological polar surface area (TPSA) is 69.2 Å². The summed E-state index contributed by atoms with van der Waals surface area (Å²) in [5.74, 6) is 1.52. The van der Waals surface area contributed by atoms with Crippen LogP contribution in [0.3, 0.4) is 0 Å². The van der Waals surface area contributed by atoms with Crippen molar-refractivity contribution in [2.75, 3.05) is 12.4 Å². The molecule has 2 aromatic carbocycles. The van der Waals surface area contributed by atoms with Gasteiger partial charge in [-0.2, -0.15) is 9.97 Å². The molecule has 0 fully saturated rings. The number of rotatable bonds is 6. The van der Waals surface area contributed by atoms with Crippen molar-refractivity contribution < 1.29 is 9.47 Å². The Balaban J connectivity index is 1.56. The minimum Gasteiger partial charge on any atom is -0.487 e. The number of methoxy groups -OCH3 is 1. The third kappa shape index (κ3) is 3.86. The fourth-order valence-corrected chi connectivity index (χ4v) is 2.90. The Kier molecular flexibility index (Phi) is 5.01. The number of aryl methyl sites for hydroxylation is 1. The van der Waals surface area contributed by atoms with Crippen LogP contribution in [0.5, 0.6) is 11.8 Å². The Bertz CT molecular complexity index is 1100. The van der Waals surface area contributed by atoms with Crippen LogP contribution in [-0.4, -0.2) is 22.1 Å². The first-order chi connectivity index (χ1) is 13.7. The SMILES string of the molecule is COc1nc(Nc2ccc(OCc3ccccn3)c(C)c2)c2ccccc2n1. The Morgan fingerprint density at radius 3 is 2.61 bits per heavy atom. The van der Waals surface area contributed by atoms with Gasteiger partial charge in [-0.15, -0.1) is 0 Å². The lowest BCUT2D eigenvalue weighted by Gasteiger charge is -2.13. The van der Waals surface area contributed by atoms with Crippen molar-refractivity contribution in [3.63, 3.8) is 0 Å². The van der Waals surface area contributed by atoms with Crippen LogP contribution in [0.4, 0.5) is 11.5 Å². The van der Waals surface area contributed by atoms with E-state index < -0.39 is 0 Å². The van der Waals surface area contributed by atoms with Crippen LogP contribution in [0.2, 0.25) is 0 Å². The zero-order valence-corrected chi connectivity index (χ0v) is 15.7. The number of para-hydroxylation sites is 1. The van der Waals surface area contributed by atoms with E-state index in [0.717, 1.165) is 33.6 Å². The van der Waals surface area contributed by atoms with E-state index in [1.165, 1.54) is 0 Å². The number of aromatic nitrogens is 3. The number of ether oxygens (including phenoxy) is 2. The number of nitrogens with zero attached hydrogens (tertiary/aromatic N) is 3. The molecule has 0 aliphatic rings. The Hall–Kier alpha value is -3.67. The molecule has 0 amide bonds. The van der Waals surface area contributed by atoms with E-state index in [2.05, 4.69) is 20.3 Å². The Labute approximate surface area is 163 Å². The van der Waals surface area contributed by atoms with E-state index in [0.29, 0.717) is 18.4 Å². The van der Waals surface area contributed by atoms with Gasteiger partial charge in [0, 0.05) is 17.3 Å². The maximum atomic E-state index is 5.90. The smallest absolute Gasteiger partial charge is 0.318 e. The van der Waals surface area contributed by atoms with Gasteiger partial charge in [0.2, 0.25) is 0 Å². The van der Waals surface area contributed by atoms with Gasteiger partial charge in [-0.05, 0) is 55.0 Å². The molecule has 2 heterocycles. The number of hydrogen-bond acceptors (Lipinski definition) is 6. The molecular weight excluding hydrogens is 352 g/mol. The second kappa shape index (κ2) is 7.92. The quantitative estimate of drug-likeness (QED) is 0.531. The molecule has 0 radical (unpaired) electrons. The predicted octanol–water partition coefficient (Wildman–Crippen LogP) is 4.66. The fourth-order valence-electron chi connectivity index (χ4n) is 2.90. The summed E-state index contributed by atoms with van der Waals surface area (Å²) < 4.78 is 11.1. The van der Waals surface area contributed by atoms with Gasteiger partial charge in [-0.1, -0.05) is 18.2 Å². The molecule has 4 aromatic rings. The summed E-state index contributed by atoms with van der Waals surface area (Å²) in [6.45, 7) is 2.44. The molecule has 4 rings (SSSR count). The van der Waals surface area contributed by atoms with Crippen molar-refractivity contribution in [1.29, 1.82) is 0 Å². The fraction of sp³-hybridized carbons (Fsp3) is 0.136. The van der Waals surface area contributed by atoms with Gasteiger partial charge < -0.3 is 14.8 Å². The van der Waals surface area contributed by atoms with Gasteiger partial charge in [0.25, 0.3) is 0 Å². The first kappa shape index (κ1) is 17.7. The molecule has 0 saturated carbocycles. The minimum atomic E-state index is 0.327. The lowest BCUT2D eigenvalue weighted by molar-refractivity contribution is 0.299. The molecule has 2 aromatic heterocycles. The number of pyridine rings is 1. The molecule has 0 aliphatic carbocycles. The molecule has 6 heteroatoms. The van der Waals surface area contributed by atoms with Crippen LogP contribution in [-0.2, 0) is 6.61 Å². The molecule has 28 heavy (non-hydrogen) atoms. The summed E-state index contributed by atoms with van der Waals surface area (Å²) in [5, 5.41) is 4.29. The van der Waals surface area contributed by atoms with E-state index in [1.54, 1.807) is 13.3 Å². The maximum absolute atomic E-state index is 5.90. The zero-order chi connectivity index (χ0) is 19.3. The van der Waals surface area contributed by atoms with Crippen molar-refractivity contribution in [2.45, 2.75) is 13.5 Å². The molecule has 1 N–H and O–H groups in total. The van der Waals surface area contributed by atoms with Crippen LogP contribution in [0.1, 0.15) is 11.3 Å². The van der Waals surface area contributed by atoms with Crippen molar-refractivity contribution in [3.8, 4) is 11.8 Å². The summed E-state index contributed by atoms with van der Waals surface area (Å²) in [6.07, 6.45) is 1.76. The number of anilines is 2. The van der Waals surface area contributed by atoms with Crippen molar-refractivity contribution in [1.82, 2.24) is 15.0 Å². The van der Waals surface area contributed by atoms with Crippen molar-refractivity contribution in [2.24, 2.45) is 0 Å². The van der Waals surface area contributed by atoms with Crippen molar-refractivity contribution >= 4 is 22.4 Å². The lowest BCUT2D eigenvalue weighted by Crippen LogP contribution is -2.01. The number of fused-ring (bicyclic) bond motifs is 1. The Morgan fingerprint density at radius 2 is 1.82 bits per heavy atom. The highest BCUT2D eigenvalue weighted by molar-refractivity contribution is 5.91. The monoisotopic (exact) mass is 372 g/mol. The third-order valence-corrected chi connectivity index (χ3v) is 4.30. The normalized spacial score (nSPS) is 10.6. The highest BCUT2D eigenvalue weighted by Crippen LogP contribution is 2.28. The molecular formula is C22H20N4O2. The summed E-state index contributed by atoms with van der Waals surface area (Å²) in [6, 6.07) is 19.9. The maximum Gasteiger partial charge on any atom is 0.318 e. The molecule has 0 aliphatic heterocycles. The summed E-state index contributed by atoms with van der Waals surface area (Å²) in [5.41, 5.74) is 3.65. The van der Waals surface area contributed by atoms with Crippen LogP contribution >= 0.6 is 0 Å². The minimum absolute atomic E-state index is 0.327. The largest absolute Gasteiger partial charge is 0.487 e. The van der Waals surface area contributed by atoms with E-state index in [4.69, 9.17) is 9.47 Å². The van der Waals surface area contributed by atoms with E-state index >= 15 is 0 Å². The van der Waals surface area contributed by atoms with Gasteiger partial charge in [-0.25, -0.2) is 0 Å².